The van der Waals surface area contributed by atoms with E-state index in [1.54, 1.807) is 0 Å². The van der Waals surface area contributed by atoms with Crippen LogP contribution in [0, 0.1) is 6.92 Å². The van der Waals surface area contributed by atoms with E-state index >= 15 is 0 Å². The lowest BCUT2D eigenvalue weighted by Crippen LogP contribution is -2.41. The molecule has 1 amide bonds. The number of ether oxygens (including phenoxy) is 1. The molecule has 0 saturated heterocycles. The number of nitrogens with zero attached hydrogens (tertiary/aromatic N) is 2. The normalized spacial score (nSPS) is 13.5. The summed E-state index contributed by atoms with van der Waals surface area (Å²) >= 11 is 0. The molecule has 1 aromatic heterocycles. The van der Waals surface area contributed by atoms with Gasteiger partial charge in [-0.2, -0.15) is 0 Å². The Bertz CT molecular complexity index is 637. The zero-order valence-corrected chi connectivity index (χ0v) is 12.2. The second kappa shape index (κ2) is 5.95. The van der Waals surface area contributed by atoms with E-state index in [9.17, 15) is 4.79 Å². The number of carbonyl (C=O) groups is 1. The predicted octanol–water partition coefficient (Wildman–Crippen LogP) is 2.10. The van der Waals surface area contributed by atoms with Gasteiger partial charge in [-0.3, -0.25) is 4.79 Å². The third-order valence-electron chi connectivity index (χ3n) is 3.67. The summed E-state index contributed by atoms with van der Waals surface area (Å²) < 4.78 is 7.62. The van der Waals surface area contributed by atoms with Gasteiger partial charge in [-0.25, -0.2) is 4.57 Å². The Morgan fingerprint density at radius 3 is 2.81 bits per heavy atom. The summed E-state index contributed by atoms with van der Waals surface area (Å²) in [6.45, 7) is 3.92. The van der Waals surface area contributed by atoms with E-state index in [1.165, 1.54) is 5.56 Å². The molecular formula is C17H19N2O2+. The number of rotatable bonds is 3. The number of pyridine rings is 1. The van der Waals surface area contributed by atoms with E-state index in [4.69, 9.17) is 4.74 Å². The molecule has 108 valence electrons. The molecule has 4 nitrogen and oxygen atoms in total. The monoisotopic (exact) mass is 283 g/mol. The molecule has 0 saturated carbocycles. The first-order valence-corrected chi connectivity index (χ1v) is 7.22. The molecule has 0 atom stereocenters. The number of fused-ring (bicyclic) bond motifs is 1. The lowest BCUT2D eigenvalue weighted by Gasteiger charge is -2.29. The van der Waals surface area contributed by atoms with Gasteiger partial charge in [0, 0.05) is 12.1 Å². The number of anilines is 1. The van der Waals surface area contributed by atoms with Crippen molar-refractivity contribution in [3.05, 3.63) is 54.4 Å². The second-order valence-corrected chi connectivity index (χ2v) is 5.22. The van der Waals surface area contributed by atoms with Gasteiger partial charge in [-0.05, 0) is 24.6 Å². The summed E-state index contributed by atoms with van der Waals surface area (Å²) in [6, 6.07) is 11.8. The van der Waals surface area contributed by atoms with Crippen molar-refractivity contribution in [1.82, 2.24) is 0 Å². The molecule has 0 radical (unpaired) electrons. The highest BCUT2D eigenvalue weighted by molar-refractivity contribution is 5.95. The molecular weight excluding hydrogens is 264 g/mol. The van der Waals surface area contributed by atoms with Crippen LogP contribution in [-0.4, -0.2) is 19.1 Å². The molecule has 0 unspecified atom stereocenters. The van der Waals surface area contributed by atoms with Crippen LogP contribution < -0.4 is 14.2 Å². The van der Waals surface area contributed by atoms with Crippen molar-refractivity contribution in [3.63, 3.8) is 0 Å². The number of para-hydroxylation sites is 2. The smallest absolute Gasteiger partial charge is 0.233 e. The van der Waals surface area contributed by atoms with Gasteiger partial charge in [0.1, 0.15) is 12.4 Å². The maximum absolute atomic E-state index is 12.5. The highest BCUT2D eigenvalue weighted by Gasteiger charge is 2.23. The molecule has 1 aliphatic heterocycles. The molecule has 1 aromatic carbocycles. The maximum atomic E-state index is 12.5. The molecule has 0 fully saturated rings. The van der Waals surface area contributed by atoms with E-state index in [1.807, 2.05) is 46.1 Å². The van der Waals surface area contributed by atoms with Crippen LogP contribution in [0.4, 0.5) is 5.69 Å². The van der Waals surface area contributed by atoms with Crippen molar-refractivity contribution < 1.29 is 14.1 Å². The second-order valence-electron chi connectivity index (χ2n) is 5.22. The molecule has 0 aliphatic carbocycles. The average molecular weight is 283 g/mol. The number of hydrogen-bond donors (Lipinski definition) is 0. The number of amides is 1. The number of hydrogen-bond acceptors (Lipinski definition) is 2. The van der Waals surface area contributed by atoms with Crippen molar-refractivity contribution in [3.8, 4) is 5.75 Å². The number of carbonyl (C=O) groups excluding carboxylic acids is 1. The van der Waals surface area contributed by atoms with E-state index in [2.05, 4.69) is 19.1 Å². The third kappa shape index (κ3) is 3.05. The minimum Gasteiger partial charge on any atom is -0.490 e. The minimum absolute atomic E-state index is 0.138. The van der Waals surface area contributed by atoms with Crippen molar-refractivity contribution in [2.45, 2.75) is 19.9 Å². The standard InChI is InChI=1S/C17H19N2O2/c1-14-6-9-18(10-7-14)11-8-17(20)19-12-13-21-16-5-3-2-4-15(16)19/h2-7,9-10H,8,11-13H2,1H3/q+1. The molecule has 4 heteroatoms. The van der Waals surface area contributed by atoms with Gasteiger partial charge in [0.25, 0.3) is 0 Å². The first-order chi connectivity index (χ1) is 10.2. The Morgan fingerprint density at radius 1 is 1.24 bits per heavy atom. The number of aryl methyl sites for hydroxylation is 2. The molecule has 2 aromatic rings. The fourth-order valence-corrected chi connectivity index (χ4v) is 2.47. The Balaban J connectivity index is 1.68. The van der Waals surface area contributed by atoms with E-state index < -0.39 is 0 Å². The average Bonchev–Trinajstić information content (AvgIpc) is 2.53. The first kappa shape index (κ1) is 13.6. The van der Waals surface area contributed by atoms with Crippen LogP contribution in [0.25, 0.3) is 0 Å². The summed E-state index contributed by atoms with van der Waals surface area (Å²) in [6.07, 6.45) is 4.51. The molecule has 21 heavy (non-hydrogen) atoms. The Labute approximate surface area is 124 Å². The lowest BCUT2D eigenvalue weighted by molar-refractivity contribution is -0.695. The summed E-state index contributed by atoms with van der Waals surface area (Å²) in [7, 11) is 0. The predicted molar refractivity (Wildman–Crippen MR) is 80.3 cm³/mol. The molecule has 1 aliphatic rings. The minimum atomic E-state index is 0.138. The van der Waals surface area contributed by atoms with Gasteiger partial charge in [-0.1, -0.05) is 12.1 Å². The fraction of sp³-hybridized carbons (Fsp3) is 0.294. The van der Waals surface area contributed by atoms with Crippen molar-refractivity contribution in [1.29, 1.82) is 0 Å². The first-order valence-electron chi connectivity index (χ1n) is 7.22. The van der Waals surface area contributed by atoms with Gasteiger partial charge < -0.3 is 9.64 Å². The fourth-order valence-electron chi connectivity index (χ4n) is 2.47. The van der Waals surface area contributed by atoms with Gasteiger partial charge in [0.05, 0.1) is 18.7 Å². The number of benzene rings is 1. The quantitative estimate of drug-likeness (QED) is 0.808. The third-order valence-corrected chi connectivity index (χ3v) is 3.67. The molecule has 0 spiro atoms. The van der Waals surface area contributed by atoms with Crippen LogP contribution in [-0.2, 0) is 11.3 Å². The van der Waals surface area contributed by atoms with Gasteiger partial charge in [0.15, 0.2) is 18.9 Å². The summed E-state index contributed by atoms with van der Waals surface area (Å²) in [5, 5.41) is 0. The Hall–Kier alpha value is -2.36. The van der Waals surface area contributed by atoms with Crippen molar-refractivity contribution in [2.24, 2.45) is 0 Å². The van der Waals surface area contributed by atoms with Crippen LogP contribution in [0.3, 0.4) is 0 Å². The molecule has 2 heterocycles. The maximum Gasteiger partial charge on any atom is 0.233 e. The van der Waals surface area contributed by atoms with Crippen LogP contribution >= 0.6 is 0 Å². The lowest BCUT2D eigenvalue weighted by atomic mass is 10.2. The van der Waals surface area contributed by atoms with Crippen molar-refractivity contribution >= 4 is 11.6 Å². The van der Waals surface area contributed by atoms with E-state index in [0.29, 0.717) is 26.1 Å². The SMILES string of the molecule is Cc1cc[n+](CCC(=O)N2CCOc3ccccc32)cc1. The zero-order chi connectivity index (χ0) is 14.7. The summed E-state index contributed by atoms with van der Waals surface area (Å²) in [4.78, 5) is 14.3. The molecule has 0 bridgehead atoms. The van der Waals surface area contributed by atoms with Crippen LogP contribution in [0.15, 0.2) is 48.8 Å². The van der Waals surface area contributed by atoms with Crippen LogP contribution in [0.2, 0.25) is 0 Å². The molecule has 0 N–H and O–H groups in total. The largest absolute Gasteiger partial charge is 0.490 e. The van der Waals surface area contributed by atoms with Gasteiger partial charge in [-0.15, -0.1) is 0 Å². The Kier molecular flexibility index (Phi) is 3.86. The van der Waals surface area contributed by atoms with E-state index in [-0.39, 0.29) is 5.91 Å². The number of aromatic nitrogens is 1. The van der Waals surface area contributed by atoms with Crippen molar-refractivity contribution in [2.75, 3.05) is 18.1 Å². The van der Waals surface area contributed by atoms with Gasteiger partial charge >= 0.3 is 0 Å². The Morgan fingerprint density at radius 2 is 2.00 bits per heavy atom. The summed E-state index contributed by atoms with van der Waals surface area (Å²) in [5.41, 5.74) is 2.10. The zero-order valence-electron chi connectivity index (χ0n) is 12.2. The highest BCUT2D eigenvalue weighted by atomic mass is 16.5. The molecule has 3 rings (SSSR count). The van der Waals surface area contributed by atoms with E-state index in [0.717, 1.165) is 11.4 Å². The highest BCUT2D eigenvalue weighted by Crippen LogP contribution is 2.31. The van der Waals surface area contributed by atoms with Crippen LogP contribution in [0.1, 0.15) is 12.0 Å². The topological polar surface area (TPSA) is 33.4 Å². The van der Waals surface area contributed by atoms with Gasteiger partial charge in [0.2, 0.25) is 5.91 Å². The van der Waals surface area contributed by atoms with Crippen LogP contribution in [0.5, 0.6) is 5.75 Å². The summed E-state index contributed by atoms with van der Waals surface area (Å²) in [5.74, 6) is 0.930.